The molecule has 9 heavy (non-hydrogen) atoms. The quantitative estimate of drug-likeness (QED) is 0.668. The average Bonchev–Trinajstić information content (AvgIpc) is 2.34. The van der Waals surface area contributed by atoms with Crippen LogP contribution in [-0.4, -0.2) is 11.5 Å². The standard InChI is InChI=1S/C6H8N2S/c7-3-1-2-6-4-8-5-9-6/h1-2,4-5H,3,7H2/b2-1+. The van der Waals surface area contributed by atoms with Gasteiger partial charge in [-0.2, -0.15) is 0 Å². The summed E-state index contributed by atoms with van der Waals surface area (Å²) in [6.45, 7) is 0.595. The fourth-order valence-electron chi connectivity index (χ4n) is 0.492. The van der Waals surface area contributed by atoms with Crippen LogP contribution in [0.3, 0.4) is 0 Å². The Kier molecular flexibility index (Phi) is 2.42. The van der Waals surface area contributed by atoms with Gasteiger partial charge in [-0.05, 0) is 6.08 Å². The highest BCUT2D eigenvalue weighted by Crippen LogP contribution is 2.06. The number of aromatic nitrogens is 1. The molecule has 2 N–H and O–H groups in total. The number of hydrogen-bond acceptors (Lipinski definition) is 3. The van der Waals surface area contributed by atoms with Crippen molar-refractivity contribution in [2.75, 3.05) is 6.54 Å². The normalized spacial score (nSPS) is 10.8. The van der Waals surface area contributed by atoms with Gasteiger partial charge in [0, 0.05) is 17.6 Å². The van der Waals surface area contributed by atoms with Gasteiger partial charge in [-0.25, -0.2) is 0 Å². The van der Waals surface area contributed by atoms with E-state index in [4.69, 9.17) is 5.73 Å². The Hall–Kier alpha value is -0.670. The van der Waals surface area contributed by atoms with Crippen LogP contribution in [0.4, 0.5) is 0 Å². The van der Waals surface area contributed by atoms with Crippen molar-refractivity contribution in [1.82, 2.24) is 4.98 Å². The van der Waals surface area contributed by atoms with Crippen LogP contribution in [0.15, 0.2) is 17.8 Å². The number of nitrogens with zero attached hydrogens (tertiary/aromatic N) is 1. The molecule has 0 amide bonds. The van der Waals surface area contributed by atoms with Gasteiger partial charge in [0.15, 0.2) is 0 Å². The summed E-state index contributed by atoms with van der Waals surface area (Å²) in [4.78, 5) is 5.05. The molecule has 0 unspecified atom stereocenters. The Morgan fingerprint density at radius 2 is 2.67 bits per heavy atom. The van der Waals surface area contributed by atoms with Gasteiger partial charge < -0.3 is 5.73 Å². The number of hydrogen-bond donors (Lipinski definition) is 1. The molecule has 1 heterocycles. The van der Waals surface area contributed by atoms with Crippen molar-refractivity contribution in [2.45, 2.75) is 0 Å². The van der Waals surface area contributed by atoms with E-state index < -0.39 is 0 Å². The van der Waals surface area contributed by atoms with Gasteiger partial charge in [0.05, 0.1) is 5.51 Å². The smallest absolute Gasteiger partial charge is 0.0797 e. The van der Waals surface area contributed by atoms with Crippen LogP contribution in [0.25, 0.3) is 6.08 Å². The molecule has 0 saturated carbocycles. The molecule has 0 aromatic carbocycles. The highest BCUT2D eigenvalue weighted by atomic mass is 32.1. The maximum Gasteiger partial charge on any atom is 0.0797 e. The van der Waals surface area contributed by atoms with E-state index in [2.05, 4.69) is 4.98 Å². The molecule has 1 rings (SSSR count). The van der Waals surface area contributed by atoms with Gasteiger partial charge in [-0.1, -0.05) is 6.08 Å². The van der Waals surface area contributed by atoms with Gasteiger partial charge in [-0.3, -0.25) is 4.98 Å². The predicted octanol–water partition coefficient (Wildman–Crippen LogP) is 1.12. The first-order chi connectivity index (χ1) is 4.43. The summed E-state index contributed by atoms with van der Waals surface area (Å²) < 4.78 is 0. The SMILES string of the molecule is NC/C=C/c1cncs1. The second-order valence-corrected chi connectivity index (χ2v) is 2.46. The Labute approximate surface area is 58.0 Å². The highest BCUT2D eigenvalue weighted by Gasteiger charge is 1.82. The average molecular weight is 140 g/mol. The van der Waals surface area contributed by atoms with E-state index in [1.54, 1.807) is 16.8 Å². The molecule has 0 bridgehead atoms. The molecule has 0 spiro atoms. The van der Waals surface area contributed by atoms with E-state index in [-0.39, 0.29) is 0 Å². The van der Waals surface area contributed by atoms with E-state index in [1.807, 2.05) is 18.3 Å². The fourth-order valence-corrected chi connectivity index (χ4v) is 1.03. The third-order valence-corrected chi connectivity index (χ3v) is 1.61. The fraction of sp³-hybridized carbons (Fsp3) is 0.167. The third-order valence-electron chi connectivity index (χ3n) is 0.870. The van der Waals surface area contributed by atoms with Crippen molar-refractivity contribution in [3.63, 3.8) is 0 Å². The molecule has 3 heteroatoms. The molecular weight excluding hydrogens is 132 g/mol. The number of rotatable bonds is 2. The lowest BCUT2D eigenvalue weighted by Gasteiger charge is -1.77. The molecule has 48 valence electrons. The summed E-state index contributed by atoms with van der Waals surface area (Å²) in [5.74, 6) is 0. The Bertz CT molecular complexity index is 179. The third kappa shape index (κ3) is 1.95. The van der Waals surface area contributed by atoms with Crippen molar-refractivity contribution in [3.05, 3.63) is 22.7 Å². The van der Waals surface area contributed by atoms with Crippen LogP contribution < -0.4 is 5.73 Å². The Morgan fingerprint density at radius 3 is 3.22 bits per heavy atom. The van der Waals surface area contributed by atoms with Gasteiger partial charge in [0.25, 0.3) is 0 Å². The van der Waals surface area contributed by atoms with E-state index in [0.29, 0.717) is 6.54 Å². The maximum atomic E-state index is 5.24. The minimum absolute atomic E-state index is 0.595. The topological polar surface area (TPSA) is 38.9 Å². The van der Waals surface area contributed by atoms with Crippen molar-refractivity contribution >= 4 is 17.4 Å². The first-order valence-corrected chi connectivity index (χ1v) is 3.56. The van der Waals surface area contributed by atoms with Crippen molar-refractivity contribution in [3.8, 4) is 0 Å². The highest BCUT2D eigenvalue weighted by molar-refractivity contribution is 7.10. The molecule has 1 aromatic heterocycles. The first-order valence-electron chi connectivity index (χ1n) is 2.68. The molecule has 0 aliphatic heterocycles. The summed E-state index contributed by atoms with van der Waals surface area (Å²) in [7, 11) is 0. The lowest BCUT2D eigenvalue weighted by molar-refractivity contribution is 1.26. The van der Waals surface area contributed by atoms with Gasteiger partial charge in [0.1, 0.15) is 0 Å². The summed E-state index contributed by atoms with van der Waals surface area (Å²) in [5.41, 5.74) is 7.04. The molecule has 0 fully saturated rings. The molecule has 0 aliphatic rings. The van der Waals surface area contributed by atoms with Crippen molar-refractivity contribution in [2.24, 2.45) is 5.73 Å². The Balaban J connectivity index is 2.57. The van der Waals surface area contributed by atoms with Gasteiger partial charge in [0.2, 0.25) is 0 Å². The van der Waals surface area contributed by atoms with E-state index >= 15 is 0 Å². The molecule has 0 saturated heterocycles. The van der Waals surface area contributed by atoms with Crippen LogP contribution in [-0.2, 0) is 0 Å². The lowest BCUT2D eigenvalue weighted by atomic mass is 10.4. The lowest BCUT2D eigenvalue weighted by Crippen LogP contribution is -1.91. The molecular formula is C6H8N2S. The van der Waals surface area contributed by atoms with E-state index in [9.17, 15) is 0 Å². The minimum Gasteiger partial charge on any atom is -0.327 e. The number of nitrogens with two attached hydrogens (primary N) is 1. The second kappa shape index (κ2) is 3.37. The summed E-state index contributed by atoms with van der Waals surface area (Å²) in [5, 5.41) is 0. The second-order valence-electron chi connectivity index (χ2n) is 1.54. The number of thiazole rings is 1. The minimum atomic E-state index is 0.595. The first kappa shape index (κ1) is 6.45. The van der Waals surface area contributed by atoms with Crippen LogP contribution >= 0.6 is 11.3 Å². The molecule has 0 radical (unpaired) electrons. The van der Waals surface area contributed by atoms with Crippen LogP contribution in [0.5, 0.6) is 0 Å². The molecule has 1 aromatic rings. The monoisotopic (exact) mass is 140 g/mol. The molecule has 0 atom stereocenters. The van der Waals surface area contributed by atoms with E-state index in [1.165, 1.54) is 0 Å². The van der Waals surface area contributed by atoms with Gasteiger partial charge >= 0.3 is 0 Å². The zero-order chi connectivity index (χ0) is 6.53. The summed E-state index contributed by atoms with van der Waals surface area (Å²) >= 11 is 1.61. The zero-order valence-corrected chi connectivity index (χ0v) is 5.77. The largest absolute Gasteiger partial charge is 0.327 e. The van der Waals surface area contributed by atoms with Crippen LogP contribution in [0.2, 0.25) is 0 Å². The van der Waals surface area contributed by atoms with Crippen molar-refractivity contribution < 1.29 is 0 Å². The maximum absolute atomic E-state index is 5.24. The van der Waals surface area contributed by atoms with Crippen LogP contribution in [0.1, 0.15) is 4.88 Å². The van der Waals surface area contributed by atoms with Crippen LogP contribution in [0, 0.1) is 0 Å². The summed E-state index contributed by atoms with van der Waals surface area (Å²) in [6.07, 6.45) is 5.70. The molecule has 0 aliphatic carbocycles. The zero-order valence-electron chi connectivity index (χ0n) is 4.95. The Morgan fingerprint density at radius 1 is 1.78 bits per heavy atom. The van der Waals surface area contributed by atoms with E-state index in [0.717, 1.165) is 4.88 Å². The van der Waals surface area contributed by atoms with Crippen molar-refractivity contribution in [1.29, 1.82) is 0 Å². The summed E-state index contributed by atoms with van der Waals surface area (Å²) in [6, 6.07) is 0. The molecule has 2 nitrogen and oxygen atoms in total. The van der Waals surface area contributed by atoms with Gasteiger partial charge in [-0.15, -0.1) is 11.3 Å². The predicted molar refractivity (Wildman–Crippen MR) is 40.2 cm³/mol.